The van der Waals surface area contributed by atoms with Gasteiger partial charge < -0.3 is 5.73 Å². The smallest absolute Gasteiger partial charge is 0.195 e. The number of nitrogens with two attached hydrogens (primary N) is 1. The molecule has 0 aromatic carbocycles. The molecule has 0 spiro atoms. The molecular formula is C5H9N5S. The fraction of sp³-hybridized carbons (Fsp3) is 0.800. The van der Waals surface area contributed by atoms with Crippen LogP contribution in [0.15, 0.2) is 0 Å². The number of hydrogen-bond acceptors (Lipinski definition) is 5. The van der Waals surface area contributed by atoms with Gasteiger partial charge in [-0.2, -0.15) is 17.0 Å². The summed E-state index contributed by atoms with van der Waals surface area (Å²) in [6, 6.07) is 0. The van der Waals surface area contributed by atoms with Gasteiger partial charge in [0.25, 0.3) is 0 Å². The number of H-pyrrole nitrogens is 1. The van der Waals surface area contributed by atoms with Gasteiger partial charge in [0.1, 0.15) is 0 Å². The Hall–Kier alpha value is -0.620. The zero-order valence-electron chi connectivity index (χ0n) is 5.95. The van der Waals surface area contributed by atoms with E-state index in [0.717, 1.165) is 17.9 Å². The van der Waals surface area contributed by atoms with Crippen LogP contribution < -0.4 is 5.73 Å². The van der Waals surface area contributed by atoms with Gasteiger partial charge in [-0.1, -0.05) is 5.21 Å². The summed E-state index contributed by atoms with van der Waals surface area (Å²) in [5.41, 5.74) is 5.68. The summed E-state index contributed by atoms with van der Waals surface area (Å²) in [4.78, 5) is 0. The van der Waals surface area contributed by atoms with Crippen molar-refractivity contribution in [1.29, 1.82) is 0 Å². The maximum Gasteiger partial charge on any atom is 0.195 e. The molecule has 1 aromatic heterocycles. The lowest BCUT2D eigenvalue weighted by molar-refractivity contribution is 0.475. The fourth-order valence-corrected chi connectivity index (χ4v) is 2.42. The van der Waals surface area contributed by atoms with Crippen LogP contribution in [0.3, 0.4) is 0 Å². The van der Waals surface area contributed by atoms with Crippen molar-refractivity contribution >= 4 is 11.8 Å². The number of nitrogens with zero attached hydrogens (tertiary/aromatic N) is 3. The van der Waals surface area contributed by atoms with Gasteiger partial charge in [0.2, 0.25) is 0 Å². The van der Waals surface area contributed by atoms with Gasteiger partial charge in [0.15, 0.2) is 5.82 Å². The molecule has 1 unspecified atom stereocenters. The quantitative estimate of drug-likeness (QED) is 0.595. The van der Waals surface area contributed by atoms with Crippen molar-refractivity contribution in [2.75, 3.05) is 11.5 Å². The van der Waals surface area contributed by atoms with Crippen molar-refractivity contribution in [3.8, 4) is 0 Å². The van der Waals surface area contributed by atoms with Crippen LogP contribution in [0.25, 0.3) is 0 Å². The van der Waals surface area contributed by atoms with E-state index in [4.69, 9.17) is 5.73 Å². The van der Waals surface area contributed by atoms with Crippen molar-refractivity contribution < 1.29 is 0 Å². The highest BCUT2D eigenvalue weighted by atomic mass is 32.2. The van der Waals surface area contributed by atoms with Gasteiger partial charge in [0, 0.05) is 5.75 Å². The first-order valence-corrected chi connectivity index (χ1v) is 4.57. The molecule has 2 rings (SSSR count). The average molecular weight is 171 g/mol. The van der Waals surface area contributed by atoms with E-state index in [2.05, 4.69) is 20.6 Å². The van der Waals surface area contributed by atoms with Gasteiger partial charge in [-0.25, -0.2) is 0 Å². The van der Waals surface area contributed by atoms with Crippen LogP contribution in [0.5, 0.6) is 0 Å². The minimum absolute atomic E-state index is 0.336. The summed E-state index contributed by atoms with van der Waals surface area (Å²) in [5, 5.41) is 13.7. The maximum absolute atomic E-state index is 6.02. The Morgan fingerprint density at radius 1 is 1.64 bits per heavy atom. The first-order valence-electron chi connectivity index (χ1n) is 3.42. The van der Waals surface area contributed by atoms with Crippen LogP contribution >= 0.6 is 11.8 Å². The molecule has 11 heavy (non-hydrogen) atoms. The molecule has 1 aliphatic rings. The first-order chi connectivity index (χ1) is 5.31. The SMILES string of the molecule is NC1(c2nn[nH]n2)CCSC1. The lowest BCUT2D eigenvalue weighted by Gasteiger charge is -2.16. The summed E-state index contributed by atoms with van der Waals surface area (Å²) in [6.45, 7) is 0. The van der Waals surface area contributed by atoms with E-state index in [-0.39, 0.29) is 5.54 Å². The Morgan fingerprint density at radius 2 is 2.55 bits per heavy atom. The number of aromatic amines is 1. The van der Waals surface area contributed by atoms with E-state index in [1.54, 1.807) is 0 Å². The number of tetrazole rings is 1. The van der Waals surface area contributed by atoms with Crippen LogP contribution in [0.4, 0.5) is 0 Å². The topological polar surface area (TPSA) is 80.5 Å². The average Bonchev–Trinajstić information content (AvgIpc) is 2.55. The van der Waals surface area contributed by atoms with E-state index >= 15 is 0 Å². The number of hydrogen-bond donors (Lipinski definition) is 2. The van der Waals surface area contributed by atoms with E-state index in [0.29, 0.717) is 5.82 Å². The van der Waals surface area contributed by atoms with Gasteiger partial charge in [-0.15, -0.1) is 10.2 Å². The third-order valence-corrected chi connectivity index (χ3v) is 3.05. The lowest BCUT2D eigenvalue weighted by Crippen LogP contribution is -2.37. The lowest BCUT2D eigenvalue weighted by atomic mass is 10.0. The second-order valence-electron chi connectivity index (χ2n) is 2.69. The summed E-state index contributed by atoms with van der Waals surface area (Å²) in [6.07, 6.45) is 0.942. The molecule has 1 saturated heterocycles. The zero-order valence-corrected chi connectivity index (χ0v) is 6.77. The van der Waals surface area contributed by atoms with Gasteiger partial charge in [-0.3, -0.25) is 0 Å². The van der Waals surface area contributed by atoms with Crippen molar-refractivity contribution in [2.24, 2.45) is 5.73 Å². The minimum atomic E-state index is -0.336. The Morgan fingerprint density at radius 3 is 3.09 bits per heavy atom. The predicted molar refractivity (Wildman–Crippen MR) is 42.0 cm³/mol. The molecule has 3 N–H and O–H groups in total. The van der Waals surface area contributed by atoms with E-state index in [1.165, 1.54) is 0 Å². The number of rotatable bonds is 1. The van der Waals surface area contributed by atoms with Gasteiger partial charge in [-0.05, 0) is 12.2 Å². The third-order valence-electron chi connectivity index (χ3n) is 1.84. The van der Waals surface area contributed by atoms with Gasteiger partial charge >= 0.3 is 0 Å². The highest BCUT2D eigenvalue weighted by Crippen LogP contribution is 2.31. The molecule has 0 radical (unpaired) electrons. The molecule has 5 nitrogen and oxygen atoms in total. The largest absolute Gasteiger partial charge is 0.318 e. The van der Waals surface area contributed by atoms with Crippen LogP contribution in [0.2, 0.25) is 0 Å². The molecule has 1 aliphatic heterocycles. The van der Waals surface area contributed by atoms with Crippen LogP contribution in [-0.2, 0) is 5.54 Å². The maximum atomic E-state index is 6.02. The van der Waals surface area contributed by atoms with E-state index in [9.17, 15) is 0 Å². The Balaban J connectivity index is 2.27. The fourth-order valence-electron chi connectivity index (χ4n) is 1.13. The molecule has 0 aliphatic carbocycles. The van der Waals surface area contributed by atoms with Crippen molar-refractivity contribution in [3.05, 3.63) is 5.82 Å². The molecule has 60 valence electrons. The van der Waals surface area contributed by atoms with Crippen LogP contribution in [-0.4, -0.2) is 32.1 Å². The second kappa shape index (κ2) is 2.46. The summed E-state index contributed by atoms with van der Waals surface area (Å²) >= 11 is 1.83. The Bertz CT molecular complexity index is 227. The number of aromatic nitrogens is 4. The van der Waals surface area contributed by atoms with Crippen molar-refractivity contribution in [3.63, 3.8) is 0 Å². The zero-order chi connectivity index (χ0) is 7.73. The number of nitrogens with one attached hydrogen (secondary N) is 1. The normalized spacial score (nSPS) is 31.0. The molecule has 0 saturated carbocycles. The molecule has 2 heterocycles. The highest BCUT2D eigenvalue weighted by Gasteiger charge is 2.35. The monoisotopic (exact) mass is 171 g/mol. The Kier molecular flexibility index (Phi) is 1.57. The standard InChI is InChI=1S/C5H9N5S/c6-5(1-2-11-3-5)4-7-9-10-8-4/h1-3,6H2,(H,7,8,9,10). The van der Waals surface area contributed by atoms with Crippen molar-refractivity contribution in [2.45, 2.75) is 12.0 Å². The van der Waals surface area contributed by atoms with Crippen LogP contribution in [0.1, 0.15) is 12.2 Å². The first kappa shape index (κ1) is 7.05. The van der Waals surface area contributed by atoms with E-state index < -0.39 is 0 Å². The summed E-state index contributed by atoms with van der Waals surface area (Å²) in [5.74, 6) is 2.62. The predicted octanol–water partition coefficient (Wildman–Crippen LogP) is -0.509. The molecule has 6 heteroatoms. The molecule has 0 bridgehead atoms. The number of thioether (sulfide) groups is 1. The molecular weight excluding hydrogens is 162 g/mol. The molecule has 1 fully saturated rings. The highest BCUT2D eigenvalue weighted by molar-refractivity contribution is 7.99. The summed E-state index contributed by atoms with van der Waals surface area (Å²) in [7, 11) is 0. The van der Waals surface area contributed by atoms with Crippen molar-refractivity contribution in [1.82, 2.24) is 20.6 Å². The molecule has 1 atom stereocenters. The molecule has 0 amide bonds. The second-order valence-corrected chi connectivity index (χ2v) is 3.80. The van der Waals surface area contributed by atoms with Gasteiger partial charge in [0.05, 0.1) is 5.54 Å². The van der Waals surface area contributed by atoms with Crippen LogP contribution in [0, 0.1) is 0 Å². The Labute approximate surface area is 68.1 Å². The minimum Gasteiger partial charge on any atom is -0.318 e. The van der Waals surface area contributed by atoms with E-state index in [1.807, 2.05) is 11.8 Å². The third kappa shape index (κ3) is 1.12. The summed E-state index contributed by atoms with van der Waals surface area (Å²) < 4.78 is 0. The molecule has 1 aromatic rings.